The first-order chi connectivity index (χ1) is 10.1. The number of carbonyl (C=O) groups is 2. The molecule has 3 rings (SSSR count). The molecule has 112 valence electrons. The molecular formula is C17H21NO3. The minimum Gasteiger partial charge on any atom is -0.481 e. The topological polar surface area (TPSA) is 57.6 Å². The number of likely N-dealkylation sites (tertiary alicyclic amines) is 1. The maximum absolute atomic E-state index is 12.9. The van der Waals surface area contributed by atoms with Gasteiger partial charge in [0.15, 0.2) is 0 Å². The summed E-state index contributed by atoms with van der Waals surface area (Å²) < 4.78 is 0. The molecule has 1 amide bonds. The van der Waals surface area contributed by atoms with Gasteiger partial charge in [0.2, 0.25) is 5.91 Å². The van der Waals surface area contributed by atoms with Crippen LogP contribution in [-0.2, 0) is 15.0 Å². The van der Waals surface area contributed by atoms with E-state index in [0.29, 0.717) is 6.54 Å². The number of carbonyl (C=O) groups excluding carboxylic acids is 1. The van der Waals surface area contributed by atoms with Gasteiger partial charge >= 0.3 is 5.97 Å². The summed E-state index contributed by atoms with van der Waals surface area (Å²) in [6, 6.07) is 9.99. The highest BCUT2D eigenvalue weighted by molar-refractivity contribution is 5.91. The largest absolute Gasteiger partial charge is 0.481 e. The Bertz CT molecular complexity index is 536. The molecule has 0 radical (unpaired) electrons. The quantitative estimate of drug-likeness (QED) is 0.925. The van der Waals surface area contributed by atoms with Crippen molar-refractivity contribution in [1.29, 1.82) is 0 Å². The van der Waals surface area contributed by atoms with E-state index < -0.39 is 5.97 Å². The summed E-state index contributed by atoms with van der Waals surface area (Å²) in [6.45, 7) is 1.36. The number of benzene rings is 1. The minimum absolute atomic E-state index is 0.103. The summed E-state index contributed by atoms with van der Waals surface area (Å²) in [6.07, 6.45) is 3.82. The second-order valence-corrected chi connectivity index (χ2v) is 6.31. The van der Waals surface area contributed by atoms with E-state index in [2.05, 4.69) is 0 Å². The summed E-state index contributed by atoms with van der Waals surface area (Å²) in [5.74, 6) is -0.464. The van der Waals surface area contributed by atoms with Crippen LogP contribution in [0.5, 0.6) is 0 Å². The molecule has 0 bridgehead atoms. The highest BCUT2D eigenvalue weighted by Crippen LogP contribution is 2.50. The monoisotopic (exact) mass is 287 g/mol. The van der Waals surface area contributed by atoms with E-state index in [1.165, 1.54) is 0 Å². The summed E-state index contributed by atoms with van der Waals surface area (Å²) in [5.41, 5.74) is 0.780. The third-order valence-corrected chi connectivity index (χ3v) is 4.76. The van der Waals surface area contributed by atoms with Crippen molar-refractivity contribution in [3.8, 4) is 0 Å². The van der Waals surface area contributed by atoms with Crippen molar-refractivity contribution in [3.63, 3.8) is 0 Å². The minimum atomic E-state index is -0.765. The lowest BCUT2D eigenvalue weighted by atomic mass is 9.90. The molecule has 4 heteroatoms. The Balaban J connectivity index is 1.72. The molecule has 1 heterocycles. The summed E-state index contributed by atoms with van der Waals surface area (Å²) in [7, 11) is 0. The van der Waals surface area contributed by atoms with Crippen LogP contribution in [0.15, 0.2) is 30.3 Å². The summed E-state index contributed by atoms with van der Waals surface area (Å²) in [5, 5.41) is 8.94. The molecular weight excluding hydrogens is 266 g/mol. The SMILES string of the molecule is O=C(O)CC1CCCN(C(=O)C2(c3ccccc3)CC2)C1. The van der Waals surface area contributed by atoms with Crippen molar-refractivity contribution in [3.05, 3.63) is 35.9 Å². The van der Waals surface area contributed by atoms with Crippen LogP contribution < -0.4 is 0 Å². The first-order valence-corrected chi connectivity index (χ1v) is 7.68. The van der Waals surface area contributed by atoms with E-state index in [-0.39, 0.29) is 23.7 Å². The second-order valence-electron chi connectivity index (χ2n) is 6.31. The molecule has 1 saturated heterocycles. The number of carboxylic acid groups (broad SMARTS) is 1. The van der Waals surface area contributed by atoms with Gasteiger partial charge in [-0.25, -0.2) is 0 Å². The van der Waals surface area contributed by atoms with Gasteiger partial charge in [-0.3, -0.25) is 9.59 Å². The van der Waals surface area contributed by atoms with Crippen LogP contribution in [-0.4, -0.2) is 35.0 Å². The molecule has 1 saturated carbocycles. The first kappa shape index (κ1) is 14.1. The fourth-order valence-corrected chi connectivity index (χ4v) is 3.47. The lowest BCUT2D eigenvalue weighted by Crippen LogP contribution is -2.45. The van der Waals surface area contributed by atoms with E-state index in [1.54, 1.807) is 0 Å². The molecule has 2 fully saturated rings. The van der Waals surface area contributed by atoms with Gasteiger partial charge in [0.05, 0.1) is 5.41 Å². The predicted molar refractivity (Wildman–Crippen MR) is 78.9 cm³/mol. The number of nitrogens with zero attached hydrogens (tertiary/aromatic N) is 1. The van der Waals surface area contributed by atoms with Crippen molar-refractivity contribution < 1.29 is 14.7 Å². The normalized spacial score (nSPS) is 23.6. The molecule has 1 aliphatic carbocycles. The van der Waals surface area contributed by atoms with Crippen LogP contribution in [0, 0.1) is 5.92 Å². The first-order valence-electron chi connectivity index (χ1n) is 7.68. The lowest BCUT2D eigenvalue weighted by molar-refractivity contribution is -0.141. The number of hydrogen-bond acceptors (Lipinski definition) is 2. The fraction of sp³-hybridized carbons (Fsp3) is 0.529. The lowest BCUT2D eigenvalue weighted by Gasteiger charge is -2.34. The van der Waals surface area contributed by atoms with Gasteiger partial charge < -0.3 is 10.0 Å². The zero-order chi connectivity index (χ0) is 14.9. The molecule has 1 aromatic carbocycles. The zero-order valence-corrected chi connectivity index (χ0v) is 12.1. The number of carboxylic acids is 1. The van der Waals surface area contributed by atoms with Crippen molar-refractivity contribution in [2.24, 2.45) is 5.92 Å². The van der Waals surface area contributed by atoms with Gasteiger partial charge in [0, 0.05) is 19.5 Å². The van der Waals surface area contributed by atoms with Crippen LogP contribution in [0.25, 0.3) is 0 Å². The van der Waals surface area contributed by atoms with Crippen molar-refractivity contribution >= 4 is 11.9 Å². The molecule has 1 N–H and O–H groups in total. The average Bonchev–Trinajstić information content (AvgIpc) is 3.29. The van der Waals surface area contributed by atoms with Crippen molar-refractivity contribution in [2.45, 2.75) is 37.5 Å². The van der Waals surface area contributed by atoms with Gasteiger partial charge in [-0.15, -0.1) is 0 Å². The molecule has 21 heavy (non-hydrogen) atoms. The van der Waals surface area contributed by atoms with E-state index in [4.69, 9.17) is 5.11 Å². The molecule has 1 aliphatic heterocycles. The van der Waals surface area contributed by atoms with Crippen LogP contribution in [0.3, 0.4) is 0 Å². The third kappa shape index (κ3) is 2.80. The van der Waals surface area contributed by atoms with E-state index >= 15 is 0 Å². The Hall–Kier alpha value is -1.84. The van der Waals surface area contributed by atoms with Gasteiger partial charge in [-0.2, -0.15) is 0 Å². The number of amides is 1. The average molecular weight is 287 g/mol. The van der Waals surface area contributed by atoms with E-state index in [9.17, 15) is 9.59 Å². The van der Waals surface area contributed by atoms with Gasteiger partial charge in [-0.05, 0) is 37.2 Å². The molecule has 0 spiro atoms. The molecule has 0 aromatic heterocycles. The van der Waals surface area contributed by atoms with Gasteiger partial charge in [0.1, 0.15) is 0 Å². The fourth-order valence-electron chi connectivity index (χ4n) is 3.47. The maximum atomic E-state index is 12.9. The number of hydrogen-bond donors (Lipinski definition) is 1. The standard InChI is InChI=1S/C17H21NO3/c19-15(20)11-13-5-4-10-18(12-13)16(21)17(8-9-17)14-6-2-1-3-7-14/h1-3,6-7,13H,4-5,8-12H2,(H,19,20). The third-order valence-electron chi connectivity index (χ3n) is 4.76. The highest BCUT2D eigenvalue weighted by Gasteiger charge is 2.53. The van der Waals surface area contributed by atoms with Gasteiger partial charge in [0.25, 0.3) is 0 Å². The Kier molecular flexibility index (Phi) is 3.70. The van der Waals surface area contributed by atoms with Crippen LogP contribution in [0.2, 0.25) is 0 Å². The number of rotatable bonds is 4. The van der Waals surface area contributed by atoms with Gasteiger partial charge in [-0.1, -0.05) is 30.3 Å². The maximum Gasteiger partial charge on any atom is 0.303 e. The Morgan fingerprint density at radius 2 is 1.95 bits per heavy atom. The van der Waals surface area contributed by atoms with Crippen molar-refractivity contribution in [2.75, 3.05) is 13.1 Å². The van der Waals surface area contributed by atoms with E-state index in [0.717, 1.165) is 37.8 Å². The number of piperidine rings is 1. The zero-order valence-electron chi connectivity index (χ0n) is 12.1. The van der Waals surface area contributed by atoms with Crippen molar-refractivity contribution in [1.82, 2.24) is 4.90 Å². The van der Waals surface area contributed by atoms with Crippen LogP contribution in [0.4, 0.5) is 0 Å². The van der Waals surface area contributed by atoms with Crippen LogP contribution >= 0.6 is 0 Å². The van der Waals surface area contributed by atoms with Crippen LogP contribution in [0.1, 0.15) is 37.7 Å². The summed E-state index contributed by atoms with van der Waals surface area (Å²) in [4.78, 5) is 25.7. The number of aliphatic carboxylic acids is 1. The second kappa shape index (κ2) is 5.51. The Labute approximate surface area is 124 Å². The highest BCUT2D eigenvalue weighted by atomic mass is 16.4. The molecule has 1 atom stereocenters. The Morgan fingerprint density at radius 1 is 1.24 bits per heavy atom. The molecule has 2 aliphatic rings. The molecule has 1 unspecified atom stereocenters. The molecule has 1 aromatic rings. The van der Waals surface area contributed by atoms with E-state index in [1.807, 2.05) is 35.2 Å². The smallest absolute Gasteiger partial charge is 0.303 e. The Morgan fingerprint density at radius 3 is 2.57 bits per heavy atom. The summed E-state index contributed by atoms with van der Waals surface area (Å²) >= 11 is 0. The molecule has 4 nitrogen and oxygen atoms in total. The predicted octanol–water partition coefficient (Wildman–Crippen LogP) is 2.43.